The molecule has 6 rings (SSSR count). The summed E-state index contributed by atoms with van der Waals surface area (Å²) in [5, 5.41) is 11.8. The van der Waals surface area contributed by atoms with Crippen molar-refractivity contribution in [3.05, 3.63) is 119 Å². The van der Waals surface area contributed by atoms with Crippen LogP contribution in [0.4, 0.5) is 11.4 Å². The molecule has 62 heavy (non-hydrogen) atoms. The first-order valence-corrected chi connectivity index (χ1v) is 23.8. The van der Waals surface area contributed by atoms with Crippen molar-refractivity contribution in [3.8, 4) is 5.75 Å². The van der Waals surface area contributed by atoms with E-state index in [1.807, 2.05) is 49.4 Å². The summed E-state index contributed by atoms with van der Waals surface area (Å²) in [4.78, 5) is 26.8. The van der Waals surface area contributed by atoms with Gasteiger partial charge in [-0.15, -0.1) is 0 Å². The number of benzene rings is 3. The van der Waals surface area contributed by atoms with Gasteiger partial charge in [-0.1, -0.05) is 60.2 Å². The van der Waals surface area contributed by atoms with Crippen LogP contribution >= 0.6 is 0 Å². The minimum absolute atomic E-state index is 0.0115. The molecule has 13 nitrogen and oxygen atoms in total. The van der Waals surface area contributed by atoms with E-state index in [-0.39, 0.29) is 18.4 Å². The van der Waals surface area contributed by atoms with E-state index in [0.29, 0.717) is 32.2 Å². The maximum Gasteiger partial charge on any atom is 0.303 e. The molecule has 0 saturated carbocycles. The number of aryl methyl sites for hydroxylation is 1. The molecule has 3 aliphatic rings. The van der Waals surface area contributed by atoms with Crippen LogP contribution in [0.2, 0.25) is 0 Å². The zero-order valence-electron chi connectivity index (χ0n) is 36.0. The van der Waals surface area contributed by atoms with E-state index in [9.17, 15) is 40.6 Å². The van der Waals surface area contributed by atoms with Gasteiger partial charge in [-0.3, -0.25) is 18.7 Å². The van der Waals surface area contributed by atoms with Crippen molar-refractivity contribution in [2.45, 2.75) is 95.6 Å². The highest BCUT2D eigenvalue weighted by Gasteiger charge is 2.47. The van der Waals surface area contributed by atoms with E-state index in [1.54, 1.807) is 0 Å². The molecule has 15 heteroatoms. The number of anilines is 1. The number of carboxylic acid groups (broad SMARTS) is 1. The van der Waals surface area contributed by atoms with E-state index in [0.717, 1.165) is 68.5 Å². The molecule has 3 heterocycles. The average Bonchev–Trinajstić information content (AvgIpc) is 3.40. The van der Waals surface area contributed by atoms with Gasteiger partial charge < -0.3 is 20.1 Å². The molecule has 0 spiro atoms. The molecule has 0 aliphatic carbocycles. The molecule has 4 N–H and O–H groups in total. The van der Waals surface area contributed by atoms with Crippen molar-refractivity contribution in [1.82, 2.24) is 5.32 Å². The van der Waals surface area contributed by atoms with E-state index >= 15 is 0 Å². The van der Waals surface area contributed by atoms with Crippen LogP contribution in [-0.2, 0) is 35.2 Å². The average molecular weight is 887 g/mol. The zero-order valence-corrected chi connectivity index (χ0v) is 37.6. The number of fused-ring (bicyclic) bond motifs is 3. The van der Waals surface area contributed by atoms with E-state index in [1.165, 1.54) is 5.57 Å². The van der Waals surface area contributed by atoms with Crippen LogP contribution in [0.1, 0.15) is 101 Å². The number of amides is 1. The normalized spacial score (nSPS) is 18.9. The first-order valence-electron chi connectivity index (χ1n) is 20.8. The van der Waals surface area contributed by atoms with Gasteiger partial charge in [-0.25, -0.2) is 0 Å². The van der Waals surface area contributed by atoms with Crippen molar-refractivity contribution < 1.29 is 49.9 Å². The number of allylic oxidation sites excluding steroid dienone is 6. The third kappa shape index (κ3) is 9.96. The quantitative estimate of drug-likeness (QED) is 0.0582. The smallest absolute Gasteiger partial charge is 0.303 e. The minimum atomic E-state index is -5.19. The van der Waals surface area contributed by atoms with Gasteiger partial charge in [-0.2, -0.15) is 21.4 Å². The van der Waals surface area contributed by atoms with Crippen molar-refractivity contribution in [2.24, 2.45) is 0 Å². The summed E-state index contributed by atoms with van der Waals surface area (Å²) >= 11 is 0. The fraction of sp³-hybridized carbons (Fsp3) is 0.383. The maximum atomic E-state index is 12.7. The lowest BCUT2D eigenvalue weighted by Crippen LogP contribution is -2.44. The Hall–Kier alpha value is -5.35. The van der Waals surface area contributed by atoms with Gasteiger partial charge in [0, 0.05) is 72.0 Å². The molecule has 0 radical (unpaired) electrons. The molecule has 0 saturated heterocycles. The number of hydrogen-bond acceptors (Lipinski definition) is 8. The summed E-state index contributed by atoms with van der Waals surface area (Å²) in [6.45, 7) is 13.2. The second-order valence-corrected chi connectivity index (χ2v) is 20.4. The number of likely N-dealkylation sites (N-methyl/N-ethyl adjacent to an activating group) is 1. The molecule has 1 atom stereocenters. The Labute approximate surface area is 364 Å². The van der Waals surface area contributed by atoms with Gasteiger partial charge in [0.05, 0.1) is 17.5 Å². The van der Waals surface area contributed by atoms with E-state index < -0.39 is 48.7 Å². The lowest BCUT2D eigenvalue weighted by atomic mass is 9.75. The lowest BCUT2D eigenvalue weighted by Gasteiger charge is -2.43. The van der Waals surface area contributed by atoms with E-state index in [2.05, 4.69) is 98.0 Å². The highest BCUT2D eigenvalue weighted by molar-refractivity contribution is 8.04. The van der Waals surface area contributed by atoms with Crippen molar-refractivity contribution in [2.75, 3.05) is 24.5 Å². The Kier molecular flexibility index (Phi) is 13.5. The molecule has 330 valence electrons. The van der Waals surface area contributed by atoms with Gasteiger partial charge in [-0.05, 0) is 90.2 Å². The number of aliphatic carboxylic acids is 1. The number of carbonyl (C=O) groups is 2. The summed E-state index contributed by atoms with van der Waals surface area (Å²) in [5.41, 5.74) is 9.57. The zero-order chi connectivity index (χ0) is 45.2. The van der Waals surface area contributed by atoms with E-state index in [4.69, 9.17) is 4.74 Å². The molecule has 3 aromatic carbocycles. The number of nitrogens with zero attached hydrogens (tertiary/aromatic N) is 2. The highest BCUT2D eigenvalue weighted by Crippen LogP contribution is 2.47. The summed E-state index contributed by atoms with van der Waals surface area (Å²) in [6.07, 6.45) is 12.3. The number of rotatable bonds is 17. The third-order valence-corrected chi connectivity index (χ3v) is 15.0. The summed E-state index contributed by atoms with van der Waals surface area (Å²) in [7, 11) is -10.4. The number of ether oxygens (including phenoxy) is 1. The Morgan fingerprint density at radius 3 is 2.29 bits per heavy atom. The second kappa shape index (κ2) is 18.2. The summed E-state index contributed by atoms with van der Waals surface area (Å²) in [5.74, 6) is -0.0489. The third-order valence-electron chi connectivity index (χ3n) is 11.9. The minimum Gasteiger partial charge on any atom is -0.481 e. The van der Waals surface area contributed by atoms with Crippen LogP contribution in [0.3, 0.4) is 0 Å². The Morgan fingerprint density at radius 1 is 0.919 bits per heavy atom. The SMILES string of the molecule is CCN1c2cc3c(cc2C(C)=CC1(C)C)/C(=C/C=C/C1=[N+](CCCCC(=O)NCC(S(=O)(=O)O)S(=O)(=O)O)c2ccc(C)cc2C1(C)CCCC(=O)O)C=C(c1ccccc1)O3. The van der Waals surface area contributed by atoms with Crippen LogP contribution in [0.5, 0.6) is 5.75 Å². The van der Waals surface area contributed by atoms with Gasteiger partial charge >= 0.3 is 5.97 Å². The Morgan fingerprint density at radius 2 is 1.63 bits per heavy atom. The second-order valence-electron chi connectivity index (χ2n) is 16.9. The Bertz CT molecular complexity index is 2610. The number of carboxylic acids is 1. The monoisotopic (exact) mass is 886 g/mol. The standard InChI is InChI=1S/C47H55N3O10S2/c1-7-50-39-28-41-36(27-35(39)32(3)29-46(50,4)5)34(26-40(60-41)33-15-9-8-10-16-33)17-13-18-42-47(6,23-14-20-44(52)53)37-25-31(2)21-22-38(37)49(42)24-12-11-19-43(51)48-30-45(61(54,55)56)62(57,58)59/h8-10,13,15-18,21-22,25-29,45H,7,11-12,14,19-20,23-24,30H2,1-6H3,(H3-,48,51,52,53,54,55,56,57,58,59)/p+1. The topological polar surface area (TPSA) is 191 Å². The molecular formula is C47H56N3O10S2+. The largest absolute Gasteiger partial charge is 0.481 e. The van der Waals surface area contributed by atoms with Crippen LogP contribution < -0.4 is 15.0 Å². The fourth-order valence-corrected chi connectivity index (χ4v) is 10.8. The van der Waals surface area contributed by atoms with Gasteiger partial charge in [0.2, 0.25) is 16.2 Å². The van der Waals surface area contributed by atoms with Gasteiger partial charge in [0.15, 0.2) is 5.71 Å². The molecular weight excluding hydrogens is 831 g/mol. The first kappa shape index (κ1) is 46.2. The summed E-state index contributed by atoms with van der Waals surface area (Å²) in [6, 6.07) is 20.5. The van der Waals surface area contributed by atoms with Gasteiger partial charge in [0.25, 0.3) is 20.2 Å². The molecule has 0 fully saturated rings. The fourth-order valence-electron chi connectivity index (χ4n) is 8.95. The number of unbranched alkanes of at least 4 members (excludes halogenated alkanes) is 1. The van der Waals surface area contributed by atoms with Gasteiger partial charge in [0.1, 0.15) is 18.1 Å². The highest BCUT2D eigenvalue weighted by atomic mass is 32.3. The lowest BCUT2D eigenvalue weighted by molar-refractivity contribution is -0.438. The maximum absolute atomic E-state index is 12.7. The molecule has 1 amide bonds. The van der Waals surface area contributed by atoms with Crippen LogP contribution in [0.25, 0.3) is 16.9 Å². The first-order chi connectivity index (χ1) is 29.1. The van der Waals surface area contributed by atoms with Crippen molar-refractivity contribution >= 4 is 66.1 Å². The van der Waals surface area contributed by atoms with Crippen molar-refractivity contribution in [3.63, 3.8) is 0 Å². The molecule has 3 aromatic rings. The van der Waals surface area contributed by atoms with Crippen LogP contribution in [0, 0.1) is 6.92 Å². The van der Waals surface area contributed by atoms with Crippen molar-refractivity contribution in [1.29, 1.82) is 0 Å². The van der Waals surface area contributed by atoms with Crippen LogP contribution in [-0.4, -0.2) is 83.0 Å². The molecule has 1 unspecified atom stereocenters. The number of hydrogen-bond donors (Lipinski definition) is 4. The predicted molar refractivity (Wildman–Crippen MR) is 243 cm³/mol. The molecule has 0 bridgehead atoms. The molecule has 0 aromatic heterocycles. The predicted octanol–water partition coefficient (Wildman–Crippen LogP) is 8.09. The number of nitrogens with one attached hydrogen (secondary N) is 1. The molecule has 3 aliphatic heterocycles. The summed E-state index contributed by atoms with van der Waals surface area (Å²) < 4.78 is 70.8. The number of carbonyl (C=O) groups excluding carboxylic acids is 1. The Balaban J connectivity index is 1.37. The van der Waals surface area contributed by atoms with Crippen LogP contribution in [0.15, 0.2) is 91.0 Å².